The summed E-state index contributed by atoms with van der Waals surface area (Å²) in [5.74, 6) is -0.359. The molecule has 7 heteroatoms. The average Bonchev–Trinajstić information content (AvgIpc) is 2.79. The normalized spacial score (nSPS) is 10.9. The Morgan fingerprint density at radius 1 is 1.00 bits per heavy atom. The van der Waals surface area contributed by atoms with Crippen LogP contribution in [0.3, 0.4) is 0 Å². The molecular formula is C26H23ClFN3O2. The van der Waals surface area contributed by atoms with Gasteiger partial charge in [-0.15, -0.1) is 0 Å². The third-order valence-corrected chi connectivity index (χ3v) is 5.90. The quantitative estimate of drug-likeness (QED) is 0.371. The zero-order chi connectivity index (χ0) is 23.5. The van der Waals surface area contributed by atoms with Crippen LogP contribution in [0.15, 0.2) is 71.5 Å². The molecule has 4 aromatic rings. The highest BCUT2D eigenvalue weighted by atomic mass is 35.5. The van der Waals surface area contributed by atoms with Crippen LogP contribution in [-0.2, 0) is 13.1 Å². The molecule has 0 fully saturated rings. The summed E-state index contributed by atoms with van der Waals surface area (Å²) >= 11 is 6.20. The van der Waals surface area contributed by atoms with Gasteiger partial charge < -0.3 is 15.2 Å². The van der Waals surface area contributed by atoms with Gasteiger partial charge in [0, 0.05) is 17.5 Å². The number of anilines is 1. The number of carbonyl (C=O) groups is 1. The lowest BCUT2D eigenvalue weighted by Gasteiger charge is -2.24. The van der Waals surface area contributed by atoms with Crippen LogP contribution in [0.25, 0.3) is 10.9 Å². The van der Waals surface area contributed by atoms with Crippen LogP contribution >= 0.6 is 11.6 Å². The number of para-hydroxylation sites is 1. The molecule has 0 aliphatic heterocycles. The Kier molecular flexibility index (Phi) is 6.47. The van der Waals surface area contributed by atoms with Crippen LogP contribution in [0.5, 0.6) is 0 Å². The Hall–Kier alpha value is -3.64. The van der Waals surface area contributed by atoms with Gasteiger partial charge in [-0.05, 0) is 60.9 Å². The molecule has 33 heavy (non-hydrogen) atoms. The van der Waals surface area contributed by atoms with E-state index in [9.17, 15) is 14.0 Å². The molecule has 5 nitrogen and oxygen atoms in total. The summed E-state index contributed by atoms with van der Waals surface area (Å²) in [6.07, 6.45) is 0. The molecule has 0 spiro atoms. The van der Waals surface area contributed by atoms with Crippen molar-refractivity contribution in [3.63, 3.8) is 0 Å². The SMILES string of the molecule is Cc1ccc(C)c2[nH]c(=O)c(CN(Cc3ccc(F)cc3)C(=O)Nc3ccccc3Cl)cc12. The molecule has 168 valence electrons. The average molecular weight is 464 g/mol. The minimum atomic E-state index is -0.423. The van der Waals surface area contributed by atoms with Crippen LogP contribution in [0.1, 0.15) is 22.3 Å². The summed E-state index contributed by atoms with van der Waals surface area (Å²) in [5, 5.41) is 4.14. The summed E-state index contributed by atoms with van der Waals surface area (Å²) in [7, 11) is 0. The van der Waals surface area contributed by atoms with Crippen LogP contribution < -0.4 is 10.9 Å². The van der Waals surface area contributed by atoms with Crippen molar-refractivity contribution in [3.05, 3.63) is 110 Å². The van der Waals surface area contributed by atoms with Crippen LogP contribution in [0.4, 0.5) is 14.9 Å². The predicted molar refractivity (Wildman–Crippen MR) is 130 cm³/mol. The highest BCUT2D eigenvalue weighted by molar-refractivity contribution is 6.33. The number of aromatic nitrogens is 1. The number of benzene rings is 3. The molecule has 0 radical (unpaired) electrons. The van der Waals surface area contributed by atoms with E-state index in [0.29, 0.717) is 16.3 Å². The lowest BCUT2D eigenvalue weighted by molar-refractivity contribution is 0.206. The second kappa shape index (κ2) is 9.46. The summed E-state index contributed by atoms with van der Waals surface area (Å²) in [6, 6.07) is 18.2. The first kappa shape index (κ1) is 22.6. The lowest BCUT2D eigenvalue weighted by atomic mass is 10.0. The summed E-state index contributed by atoms with van der Waals surface area (Å²) in [5.41, 5.74) is 4.17. The molecule has 0 bridgehead atoms. The fourth-order valence-electron chi connectivity index (χ4n) is 3.71. The van der Waals surface area contributed by atoms with E-state index in [1.165, 1.54) is 17.0 Å². The van der Waals surface area contributed by atoms with Gasteiger partial charge in [0.05, 0.1) is 22.8 Å². The molecule has 2 amide bonds. The predicted octanol–water partition coefficient (Wildman–Crippen LogP) is 6.17. The first-order chi connectivity index (χ1) is 15.8. The zero-order valence-electron chi connectivity index (χ0n) is 18.3. The Bertz CT molecular complexity index is 1380. The second-order valence-corrected chi connectivity index (χ2v) is 8.41. The Morgan fingerprint density at radius 3 is 2.42 bits per heavy atom. The van der Waals surface area contributed by atoms with E-state index in [1.54, 1.807) is 36.4 Å². The van der Waals surface area contributed by atoms with Crippen LogP contribution in [0.2, 0.25) is 5.02 Å². The molecule has 1 heterocycles. The molecule has 2 N–H and O–H groups in total. The number of hydrogen-bond acceptors (Lipinski definition) is 2. The molecule has 0 unspecified atom stereocenters. The molecule has 0 saturated carbocycles. The van der Waals surface area contributed by atoms with E-state index in [0.717, 1.165) is 27.6 Å². The Balaban J connectivity index is 1.69. The summed E-state index contributed by atoms with van der Waals surface area (Å²) < 4.78 is 13.4. The van der Waals surface area contributed by atoms with Crippen molar-refractivity contribution in [1.29, 1.82) is 0 Å². The number of fused-ring (bicyclic) bond motifs is 1. The lowest BCUT2D eigenvalue weighted by Crippen LogP contribution is -2.35. The van der Waals surface area contributed by atoms with Gasteiger partial charge in [-0.1, -0.05) is 48.0 Å². The van der Waals surface area contributed by atoms with E-state index in [1.807, 2.05) is 32.0 Å². The monoisotopic (exact) mass is 463 g/mol. The van der Waals surface area contributed by atoms with Gasteiger partial charge in [0.15, 0.2) is 0 Å². The molecule has 3 aromatic carbocycles. The number of H-pyrrole nitrogens is 1. The topological polar surface area (TPSA) is 65.2 Å². The second-order valence-electron chi connectivity index (χ2n) is 8.00. The maximum absolute atomic E-state index is 13.4. The fourth-order valence-corrected chi connectivity index (χ4v) is 3.89. The van der Waals surface area contributed by atoms with Gasteiger partial charge in [-0.25, -0.2) is 9.18 Å². The number of nitrogens with one attached hydrogen (secondary N) is 2. The van der Waals surface area contributed by atoms with Crippen molar-refractivity contribution in [2.75, 3.05) is 5.32 Å². The van der Waals surface area contributed by atoms with Gasteiger partial charge in [0.2, 0.25) is 0 Å². The molecule has 0 saturated heterocycles. The van der Waals surface area contributed by atoms with Crippen molar-refractivity contribution in [1.82, 2.24) is 9.88 Å². The minimum Gasteiger partial charge on any atom is -0.321 e. The van der Waals surface area contributed by atoms with E-state index in [4.69, 9.17) is 11.6 Å². The van der Waals surface area contributed by atoms with E-state index in [2.05, 4.69) is 10.3 Å². The zero-order valence-corrected chi connectivity index (χ0v) is 19.0. The first-order valence-corrected chi connectivity index (χ1v) is 10.9. The van der Waals surface area contributed by atoms with Crippen molar-refractivity contribution in [2.24, 2.45) is 0 Å². The highest BCUT2D eigenvalue weighted by Crippen LogP contribution is 2.23. The first-order valence-electron chi connectivity index (χ1n) is 10.5. The van der Waals surface area contributed by atoms with Gasteiger partial charge in [-0.3, -0.25) is 4.79 Å². The van der Waals surface area contributed by atoms with Crippen molar-refractivity contribution in [3.8, 4) is 0 Å². The van der Waals surface area contributed by atoms with E-state index in [-0.39, 0.29) is 24.5 Å². The smallest absolute Gasteiger partial charge is 0.321 e. The number of carbonyl (C=O) groups excluding carboxylic acids is 1. The number of rotatable bonds is 5. The highest BCUT2D eigenvalue weighted by Gasteiger charge is 2.18. The number of halogens is 2. The number of amides is 2. The van der Waals surface area contributed by atoms with Crippen LogP contribution in [-0.4, -0.2) is 15.9 Å². The van der Waals surface area contributed by atoms with Gasteiger partial charge in [-0.2, -0.15) is 0 Å². The number of pyridine rings is 1. The molecule has 0 aliphatic rings. The number of hydrogen-bond donors (Lipinski definition) is 2. The molecule has 1 aromatic heterocycles. The summed E-state index contributed by atoms with van der Waals surface area (Å²) in [6.45, 7) is 4.16. The number of nitrogens with zero attached hydrogens (tertiary/aromatic N) is 1. The third-order valence-electron chi connectivity index (χ3n) is 5.57. The number of aryl methyl sites for hydroxylation is 2. The largest absolute Gasteiger partial charge is 0.322 e. The molecule has 4 rings (SSSR count). The number of urea groups is 1. The maximum Gasteiger partial charge on any atom is 0.322 e. The Morgan fingerprint density at radius 2 is 1.70 bits per heavy atom. The number of aromatic amines is 1. The van der Waals surface area contributed by atoms with Crippen molar-refractivity contribution < 1.29 is 9.18 Å². The molecule has 0 aliphatic carbocycles. The molecular weight excluding hydrogens is 441 g/mol. The standard InChI is InChI=1S/C26H23ClFN3O2/c1-16-7-8-17(2)24-21(16)13-19(25(32)30-24)15-31(14-18-9-11-20(28)12-10-18)26(33)29-23-6-4-3-5-22(23)27/h3-13H,14-15H2,1-2H3,(H,29,33)(H,30,32). The Labute approximate surface area is 195 Å². The maximum atomic E-state index is 13.4. The molecule has 0 atom stereocenters. The van der Waals surface area contributed by atoms with Gasteiger partial charge in [0.1, 0.15) is 5.82 Å². The van der Waals surface area contributed by atoms with Gasteiger partial charge >= 0.3 is 6.03 Å². The van der Waals surface area contributed by atoms with Gasteiger partial charge in [0.25, 0.3) is 5.56 Å². The summed E-state index contributed by atoms with van der Waals surface area (Å²) in [4.78, 5) is 30.5. The third kappa shape index (κ3) is 5.07. The van der Waals surface area contributed by atoms with Crippen LogP contribution in [0, 0.1) is 19.7 Å². The van der Waals surface area contributed by atoms with Crippen molar-refractivity contribution >= 4 is 34.2 Å². The fraction of sp³-hybridized carbons (Fsp3) is 0.154. The minimum absolute atomic E-state index is 0.0618. The van der Waals surface area contributed by atoms with Crippen molar-refractivity contribution in [2.45, 2.75) is 26.9 Å². The van der Waals surface area contributed by atoms with E-state index >= 15 is 0 Å². The van der Waals surface area contributed by atoms with E-state index < -0.39 is 6.03 Å².